The van der Waals surface area contributed by atoms with Gasteiger partial charge in [-0.2, -0.15) is 0 Å². The lowest BCUT2D eigenvalue weighted by Gasteiger charge is -2.09. The van der Waals surface area contributed by atoms with E-state index < -0.39 is 5.97 Å². The fourth-order valence-electron chi connectivity index (χ4n) is 2.38. The molecule has 140 valence electrons. The molecule has 0 N–H and O–H groups in total. The molecule has 3 rings (SSSR count). The maximum absolute atomic E-state index is 12.3. The highest BCUT2D eigenvalue weighted by molar-refractivity contribution is 9.10. The lowest BCUT2D eigenvalue weighted by atomic mass is 10.2. The molecule has 0 unspecified atom stereocenters. The smallest absolute Gasteiger partial charge is 0.361 e. The summed E-state index contributed by atoms with van der Waals surface area (Å²) >= 11 is 4.89. The van der Waals surface area contributed by atoms with Gasteiger partial charge in [0.2, 0.25) is 5.69 Å². The van der Waals surface area contributed by atoms with E-state index in [1.807, 2.05) is 48.5 Å². The molecule has 0 aliphatic heterocycles. The number of aromatic nitrogens is 3. The van der Waals surface area contributed by atoms with Crippen LogP contribution in [-0.2, 0) is 11.3 Å². The van der Waals surface area contributed by atoms with Gasteiger partial charge in [-0.15, -0.1) is 5.10 Å². The van der Waals surface area contributed by atoms with Gasteiger partial charge in [0, 0.05) is 9.37 Å². The van der Waals surface area contributed by atoms with Crippen LogP contribution in [0.2, 0.25) is 0 Å². The molecule has 0 aliphatic rings. The summed E-state index contributed by atoms with van der Waals surface area (Å²) in [5.41, 5.74) is 1.24. The Bertz CT molecular complexity index is 928. The number of benzene rings is 2. The van der Waals surface area contributed by atoms with Crippen LogP contribution in [0.1, 0.15) is 23.0 Å². The standard InChI is InChI=1S/C19H18BrN3O3S/c1-3-26-19(24)17-18(27-16-6-4-5-14(20)11-16)23(22-21-17)12-13-7-9-15(25-2)10-8-13/h4-11H,3,12H2,1-2H3. The fourth-order valence-corrected chi connectivity index (χ4v) is 3.92. The molecule has 0 radical (unpaired) electrons. The van der Waals surface area contributed by atoms with Gasteiger partial charge in [-0.1, -0.05) is 51.1 Å². The lowest BCUT2D eigenvalue weighted by molar-refractivity contribution is 0.0515. The van der Waals surface area contributed by atoms with E-state index in [1.165, 1.54) is 11.8 Å². The summed E-state index contributed by atoms with van der Waals surface area (Å²) in [4.78, 5) is 13.3. The van der Waals surface area contributed by atoms with Crippen LogP contribution in [-0.4, -0.2) is 34.7 Å². The minimum Gasteiger partial charge on any atom is -0.497 e. The fraction of sp³-hybridized carbons (Fsp3) is 0.211. The molecule has 0 saturated heterocycles. The minimum atomic E-state index is -0.476. The average molecular weight is 448 g/mol. The van der Waals surface area contributed by atoms with Crippen molar-refractivity contribution < 1.29 is 14.3 Å². The first-order valence-corrected chi connectivity index (χ1v) is 9.88. The molecule has 0 spiro atoms. The predicted octanol–water partition coefficient (Wildman–Crippen LogP) is 4.43. The second-order valence-electron chi connectivity index (χ2n) is 5.53. The van der Waals surface area contributed by atoms with Crippen LogP contribution < -0.4 is 4.74 Å². The second-order valence-corrected chi connectivity index (χ2v) is 7.51. The molecule has 3 aromatic rings. The number of esters is 1. The Balaban J connectivity index is 1.93. The van der Waals surface area contributed by atoms with E-state index in [1.54, 1.807) is 18.7 Å². The second kappa shape index (κ2) is 9.05. The summed E-state index contributed by atoms with van der Waals surface area (Å²) in [6, 6.07) is 15.5. The van der Waals surface area contributed by atoms with Gasteiger partial charge in [-0.05, 0) is 42.8 Å². The highest BCUT2D eigenvalue weighted by atomic mass is 79.9. The topological polar surface area (TPSA) is 66.2 Å². The molecule has 6 nitrogen and oxygen atoms in total. The number of hydrogen-bond donors (Lipinski definition) is 0. The van der Waals surface area contributed by atoms with E-state index in [9.17, 15) is 4.79 Å². The maximum atomic E-state index is 12.3. The quantitative estimate of drug-likeness (QED) is 0.499. The van der Waals surface area contributed by atoms with Gasteiger partial charge < -0.3 is 9.47 Å². The van der Waals surface area contributed by atoms with Crippen molar-refractivity contribution in [2.45, 2.75) is 23.4 Å². The number of methoxy groups -OCH3 is 1. The molecule has 1 aromatic heterocycles. The molecule has 2 aromatic carbocycles. The Kier molecular flexibility index (Phi) is 6.52. The number of rotatable bonds is 7. The van der Waals surface area contributed by atoms with E-state index in [0.717, 1.165) is 20.7 Å². The van der Waals surface area contributed by atoms with Crippen LogP contribution in [0.25, 0.3) is 0 Å². The van der Waals surface area contributed by atoms with Gasteiger partial charge in [0.15, 0.2) is 0 Å². The van der Waals surface area contributed by atoms with Crippen molar-refractivity contribution >= 4 is 33.7 Å². The van der Waals surface area contributed by atoms with Gasteiger partial charge >= 0.3 is 5.97 Å². The third kappa shape index (κ3) is 4.90. The lowest BCUT2D eigenvalue weighted by Crippen LogP contribution is -2.08. The molecule has 1 heterocycles. The number of carbonyl (C=O) groups excluding carboxylic acids is 1. The Labute approximate surface area is 170 Å². The van der Waals surface area contributed by atoms with Crippen LogP contribution in [0.3, 0.4) is 0 Å². The highest BCUT2D eigenvalue weighted by Gasteiger charge is 2.22. The molecule has 0 amide bonds. The van der Waals surface area contributed by atoms with Crippen molar-refractivity contribution in [3.63, 3.8) is 0 Å². The van der Waals surface area contributed by atoms with E-state index in [-0.39, 0.29) is 12.3 Å². The van der Waals surface area contributed by atoms with Crippen LogP contribution in [0, 0.1) is 0 Å². The first kappa shape index (κ1) is 19.4. The van der Waals surface area contributed by atoms with Crippen molar-refractivity contribution in [2.24, 2.45) is 0 Å². The van der Waals surface area contributed by atoms with Crippen molar-refractivity contribution in [3.05, 3.63) is 64.3 Å². The van der Waals surface area contributed by atoms with Gasteiger partial charge in [-0.25, -0.2) is 9.48 Å². The van der Waals surface area contributed by atoms with Crippen LogP contribution in [0.4, 0.5) is 0 Å². The van der Waals surface area contributed by atoms with Gasteiger partial charge in [0.1, 0.15) is 10.8 Å². The Hall–Kier alpha value is -2.32. The molecule has 0 bridgehead atoms. The molecule has 0 fully saturated rings. The zero-order valence-electron chi connectivity index (χ0n) is 14.9. The van der Waals surface area contributed by atoms with Gasteiger partial charge in [0.05, 0.1) is 20.3 Å². The Morgan fingerprint density at radius 1 is 1.22 bits per heavy atom. The van der Waals surface area contributed by atoms with E-state index in [4.69, 9.17) is 9.47 Å². The molecule has 0 saturated carbocycles. The number of halogens is 1. The van der Waals surface area contributed by atoms with Crippen molar-refractivity contribution in [3.8, 4) is 5.75 Å². The summed E-state index contributed by atoms with van der Waals surface area (Å²) in [5, 5.41) is 8.88. The first-order valence-electron chi connectivity index (χ1n) is 8.27. The van der Waals surface area contributed by atoms with Crippen LogP contribution in [0.15, 0.2) is 62.9 Å². The minimum absolute atomic E-state index is 0.218. The van der Waals surface area contributed by atoms with Crippen molar-refractivity contribution in [1.82, 2.24) is 15.0 Å². The van der Waals surface area contributed by atoms with E-state index >= 15 is 0 Å². The Morgan fingerprint density at radius 2 is 2.00 bits per heavy atom. The molecular weight excluding hydrogens is 430 g/mol. The average Bonchev–Trinajstić information content (AvgIpc) is 3.05. The SMILES string of the molecule is CCOC(=O)c1nnn(Cc2ccc(OC)cc2)c1Sc1cccc(Br)c1. The predicted molar refractivity (Wildman–Crippen MR) is 106 cm³/mol. The van der Waals surface area contributed by atoms with E-state index in [0.29, 0.717) is 11.6 Å². The maximum Gasteiger partial charge on any atom is 0.361 e. The van der Waals surface area contributed by atoms with Crippen LogP contribution >= 0.6 is 27.7 Å². The zero-order chi connectivity index (χ0) is 19.2. The largest absolute Gasteiger partial charge is 0.497 e. The molecule has 27 heavy (non-hydrogen) atoms. The summed E-state index contributed by atoms with van der Waals surface area (Å²) in [7, 11) is 1.63. The van der Waals surface area contributed by atoms with Gasteiger partial charge in [0.25, 0.3) is 0 Å². The third-order valence-corrected chi connectivity index (χ3v) is 5.24. The third-order valence-electron chi connectivity index (χ3n) is 3.66. The van der Waals surface area contributed by atoms with Crippen molar-refractivity contribution in [1.29, 1.82) is 0 Å². The van der Waals surface area contributed by atoms with Crippen molar-refractivity contribution in [2.75, 3.05) is 13.7 Å². The monoisotopic (exact) mass is 447 g/mol. The number of ether oxygens (including phenoxy) is 2. The summed E-state index contributed by atoms with van der Waals surface area (Å²) in [5.74, 6) is 0.310. The first-order chi connectivity index (χ1) is 13.1. The number of nitrogens with zero attached hydrogens (tertiary/aromatic N) is 3. The highest BCUT2D eigenvalue weighted by Crippen LogP contribution is 2.32. The Morgan fingerprint density at radius 3 is 2.67 bits per heavy atom. The molecule has 0 atom stereocenters. The van der Waals surface area contributed by atoms with Gasteiger partial charge in [-0.3, -0.25) is 0 Å². The number of hydrogen-bond acceptors (Lipinski definition) is 6. The zero-order valence-corrected chi connectivity index (χ0v) is 17.3. The summed E-state index contributed by atoms with van der Waals surface area (Å²) in [6.07, 6.45) is 0. The number of carbonyl (C=O) groups is 1. The molecule has 0 aliphatic carbocycles. The summed E-state index contributed by atoms with van der Waals surface area (Å²) in [6.45, 7) is 2.53. The van der Waals surface area contributed by atoms with Crippen LogP contribution in [0.5, 0.6) is 5.75 Å². The van der Waals surface area contributed by atoms with E-state index in [2.05, 4.69) is 26.2 Å². The molecule has 8 heteroatoms. The molecular formula is C19H18BrN3O3S. The normalized spacial score (nSPS) is 10.6. The summed E-state index contributed by atoms with van der Waals surface area (Å²) < 4.78 is 13.0.